The second-order valence-corrected chi connectivity index (χ2v) is 7.93. The Labute approximate surface area is 177 Å². The summed E-state index contributed by atoms with van der Waals surface area (Å²) in [6.45, 7) is 3.97. The molecule has 1 aliphatic rings. The molecule has 0 unspecified atom stereocenters. The quantitative estimate of drug-likeness (QED) is 0.458. The van der Waals surface area contributed by atoms with E-state index < -0.39 is 0 Å². The standard InChI is InChI=1S/C25H29N3O2/c1-2-28-22-10-6-5-9-20(22)21-17-18(11-13-23(21)28)12-14-24(29)26-15-16-27-25(30)19-7-3-4-8-19/h5-6,9-14,17,19H,2-4,7-8,15-16H2,1H3,(H,26,29)(H,27,30)/b14-12+. The van der Waals surface area contributed by atoms with E-state index in [1.165, 1.54) is 21.8 Å². The van der Waals surface area contributed by atoms with Crippen LogP contribution in [0.5, 0.6) is 0 Å². The Hall–Kier alpha value is -3.08. The van der Waals surface area contributed by atoms with E-state index in [1.54, 1.807) is 6.08 Å². The van der Waals surface area contributed by atoms with Crippen molar-refractivity contribution in [3.63, 3.8) is 0 Å². The van der Waals surface area contributed by atoms with Crippen molar-refractivity contribution in [2.24, 2.45) is 5.92 Å². The Bertz CT molecular complexity index is 1090. The molecule has 0 spiro atoms. The van der Waals surface area contributed by atoms with E-state index in [9.17, 15) is 9.59 Å². The van der Waals surface area contributed by atoms with Gasteiger partial charge in [0.1, 0.15) is 0 Å². The summed E-state index contributed by atoms with van der Waals surface area (Å²) in [6, 6.07) is 14.7. The van der Waals surface area contributed by atoms with E-state index in [0.717, 1.165) is 37.8 Å². The van der Waals surface area contributed by atoms with Crippen LogP contribution in [-0.2, 0) is 16.1 Å². The number of aryl methyl sites for hydroxylation is 1. The molecule has 5 heteroatoms. The lowest BCUT2D eigenvalue weighted by Gasteiger charge is -2.10. The smallest absolute Gasteiger partial charge is 0.244 e. The maximum Gasteiger partial charge on any atom is 0.244 e. The lowest BCUT2D eigenvalue weighted by atomic mass is 10.1. The Balaban J connectivity index is 1.36. The average molecular weight is 404 g/mol. The van der Waals surface area contributed by atoms with Crippen molar-refractivity contribution < 1.29 is 9.59 Å². The van der Waals surface area contributed by atoms with Gasteiger partial charge in [0.05, 0.1) is 0 Å². The Morgan fingerprint density at radius 2 is 1.73 bits per heavy atom. The predicted octanol–water partition coefficient (Wildman–Crippen LogP) is 4.25. The van der Waals surface area contributed by atoms with Crippen molar-refractivity contribution in [1.82, 2.24) is 15.2 Å². The highest BCUT2D eigenvalue weighted by molar-refractivity contribution is 6.08. The minimum atomic E-state index is -0.152. The number of carbonyl (C=O) groups is 2. The molecule has 1 aromatic heterocycles. The fraction of sp³-hybridized carbons (Fsp3) is 0.360. The number of para-hydroxylation sites is 1. The third-order valence-corrected chi connectivity index (χ3v) is 5.99. The minimum absolute atomic E-state index is 0.122. The minimum Gasteiger partial charge on any atom is -0.354 e. The van der Waals surface area contributed by atoms with Crippen LogP contribution in [0, 0.1) is 5.92 Å². The van der Waals surface area contributed by atoms with Crippen LogP contribution in [0.1, 0.15) is 38.2 Å². The number of hydrogen-bond donors (Lipinski definition) is 2. The summed E-state index contributed by atoms with van der Waals surface area (Å²) >= 11 is 0. The molecule has 2 amide bonds. The van der Waals surface area contributed by atoms with Gasteiger partial charge in [-0.3, -0.25) is 9.59 Å². The van der Waals surface area contributed by atoms with Crippen LogP contribution in [-0.4, -0.2) is 29.5 Å². The third kappa shape index (κ3) is 4.25. The van der Waals surface area contributed by atoms with Crippen molar-refractivity contribution in [1.29, 1.82) is 0 Å². The summed E-state index contributed by atoms with van der Waals surface area (Å²) in [7, 11) is 0. The van der Waals surface area contributed by atoms with Gasteiger partial charge in [0, 0.05) is 53.4 Å². The van der Waals surface area contributed by atoms with Crippen LogP contribution < -0.4 is 10.6 Å². The first-order valence-electron chi connectivity index (χ1n) is 10.9. The molecule has 156 valence electrons. The van der Waals surface area contributed by atoms with Crippen LogP contribution in [0.4, 0.5) is 0 Å². The molecule has 0 bridgehead atoms. The summed E-state index contributed by atoms with van der Waals surface area (Å²) in [4.78, 5) is 24.1. The Kier molecular flexibility index (Phi) is 6.17. The SMILES string of the molecule is CCn1c2ccccc2c2cc(/C=C/C(=O)NCCNC(=O)C3CCCC3)ccc21. The Morgan fingerprint density at radius 1 is 1.00 bits per heavy atom. The highest BCUT2D eigenvalue weighted by atomic mass is 16.2. The Morgan fingerprint density at radius 3 is 2.53 bits per heavy atom. The monoisotopic (exact) mass is 403 g/mol. The molecule has 0 saturated heterocycles. The lowest BCUT2D eigenvalue weighted by molar-refractivity contribution is -0.125. The van der Waals surface area contributed by atoms with E-state index in [0.29, 0.717) is 13.1 Å². The number of amides is 2. The van der Waals surface area contributed by atoms with Gasteiger partial charge < -0.3 is 15.2 Å². The maximum atomic E-state index is 12.1. The number of benzene rings is 2. The molecule has 4 rings (SSSR count). The number of aromatic nitrogens is 1. The van der Waals surface area contributed by atoms with Crippen LogP contribution in [0.3, 0.4) is 0 Å². The van der Waals surface area contributed by atoms with E-state index in [-0.39, 0.29) is 17.7 Å². The normalized spacial score (nSPS) is 14.7. The fourth-order valence-electron chi connectivity index (χ4n) is 4.45. The first kappa shape index (κ1) is 20.2. The van der Waals surface area contributed by atoms with Gasteiger partial charge in [-0.2, -0.15) is 0 Å². The van der Waals surface area contributed by atoms with Gasteiger partial charge in [-0.15, -0.1) is 0 Å². The maximum absolute atomic E-state index is 12.1. The van der Waals surface area contributed by atoms with Gasteiger partial charge in [0.25, 0.3) is 0 Å². The second-order valence-electron chi connectivity index (χ2n) is 7.93. The zero-order valence-electron chi connectivity index (χ0n) is 17.5. The van der Waals surface area contributed by atoms with Crippen molar-refractivity contribution in [3.05, 3.63) is 54.1 Å². The number of carbonyl (C=O) groups excluding carboxylic acids is 2. The molecule has 5 nitrogen and oxygen atoms in total. The van der Waals surface area contributed by atoms with Crippen molar-refractivity contribution in [3.8, 4) is 0 Å². The van der Waals surface area contributed by atoms with Gasteiger partial charge in [-0.1, -0.05) is 37.1 Å². The molecule has 1 heterocycles. The predicted molar refractivity (Wildman–Crippen MR) is 122 cm³/mol. The van der Waals surface area contributed by atoms with Gasteiger partial charge in [0.15, 0.2) is 0 Å². The van der Waals surface area contributed by atoms with Crippen LogP contribution in [0.2, 0.25) is 0 Å². The zero-order chi connectivity index (χ0) is 20.9. The van der Waals surface area contributed by atoms with E-state index in [1.807, 2.05) is 12.1 Å². The molecular formula is C25H29N3O2. The zero-order valence-corrected chi connectivity index (χ0v) is 17.5. The molecule has 1 fully saturated rings. The van der Waals surface area contributed by atoms with Gasteiger partial charge in [-0.25, -0.2) is 0 Å². The molecule has 0 aliphatic heterocycles. The molecular weight excluding hydrogens is 374 g/mol. The third-order valence-electron chi connectivity index (χ3n) is 5.99. The second kappa shape index (κ2) is 9.16. The number of nitrogens with zero attached hydrogens (tertiary/aromatic N) is 1. The lowest BCUT2D eigenvalue weighted by Crippen LogP contribution is -2.36. The summed E-state index contributed by atoms with van der Waals surface area (Å²) in [5.74, 6) is 0.132. The molecule has 0 radical (unpaired) electrons. The summed E-state index contributed by atoms with van der Waals surface area (Å²) in [5, 5.41) is 8.18. The molecule has 0 atom stereocenters. The highest BCUT2D eigenvalue weighted by Crippen LogP contribution is 2.30. The molecule has 30 heavy (non-hydrogen) atoms. The number of fused-ring (bicyclic) bond motifs is 3. The molecule has 3 aromatic rings. The van der Waals surface area contributed by atoms with Crippen molar-refractivity contribution >= 4 is 39.7 Å². The largest absolute Gasteiger partial charge is 0.354 e. The van der Waals surface area contributed by atoms with E-state index in [2.05, 4.69) is 58.5 Å². The number of hydrogen-bond acceptors (Lipinski definition) is 2. The number of rotatable bonds is 7. The fourth-order valence-corrected chi connectivity index (χ4v) is 4.45. The topological polar surface area (TPSA) is 63.1 Å². The van der Waals surface area contributed by atoms with Gasteiger partial charge in [0.2, 0.25) is 11.8 Å². The molecule has 1 aliphatic carbocycles. The van der Waals surface area contributed by atoms with Gasteiger partial charge >= 0.3 is 0 Å². The van der Waals surface area contributed by atoms with E-state index >= 15 is 0 Å². The number of nitrogens with one attached hydrogen (secondary N) is 2. The van der Waals surface area contributed by atoms with Crippen LogP contribution >= 0.6 is 0 Å². The first-order chi connectivity index (χ1) is 14.7. The average Bonchev–Trinajstić information content (AvgIpc) is 3.41. The summed E-state index contributed by atoms with van der Waals surface area (Å²) in [5.41, 5.74) is 3.43. The van der Waals surface area contributed by atoms with E-state index in [4.69, 9.17) is 0 Å². The van der Waals surface area contributed by atoms with Gasteiger partial charge in [-0.05, 0) is 49.6 Å². The highest BCUT2D eigenvalue weighted by Gasteiger charge is 2.21. The molecule has 1 saturated carbocycles. The summed E-state index contributed by atoms with van der Waals surface area (Å²) < 4.78 is 2.31. The van der Waals surface area contributed by atoms with Crippen molar-refractivity contribution in [2.75, 3.05) is 13.1 Å². The van der Waals surface area contributed by atoms with Crippen molar-refractivity contribution in [2.45, 2.75) is 39.2 Å². The van der Waals surface area contributed by atoms with Crippen LogP contribution in [0.15, 0.2) is 48.5 Å². The summed E-state index contributed by atoms with van der Waals surface area (Å²) in [6.07, 6.45) is 7.65. The first-order valence-corrected chi connectivity index (χ1v) is 10.9. The van der Waals surface area contributed by atoms with Crippen LogP contribution in [0.25, 0.3) is 27.9 Å². The molecule has 2 N–H and O–H groups in total. The molecule has 2 aromatic carbocycles.